The standard InChI is InChI=1S/C13H24N4O2S/c1-16-5-3-4-11(9-16)8-15-20(18,19)13-6-12(7-14)17(2)10-13/h6,10-11,15H,3-5,7-9,14H2,1-2H3. The molecule has 1 fully saturated rings. The number of piperidine rings is 1. The monoisotopic (exact) mass is 300 g/mol. The second-order valence-corrected chi connectivity index (χ2v) is 7.37. The Bertz CT molecular complexity index is 553. The molecule has 0 amide bonds. The minimum Gasteiger partial charge on any atom is -0.352 e. The van der Waals surface area contributed by atoms with Crippen LogP contribution in [-0.4, -0.2) is 44.6 Å². The molecule has 7 heteroatoms. The Balaban J connectivity index is 1.99. The highest BCUT2D eigenvalue weighted by atomic mass is 32.2. The SMILES string of the molecule is CN1CCCC(CNS(=O)(=O)c2cc(CN)n(C)c2)C1. The van der Waals surface area contributed by atoms with Gasteiger partial charge in [-0.1, -0.05) is 0 Å². The molecule has 0 bridgehead atoms. The summed E-state index contributed by atoms with van der Waals surface area (Å²) in [7, 11) is 0.444. The highest BCUT2D eigenvalue weighted by Crippen LogP contribution is 2.16. The maximum Gasteiger partial charge on any atom is 0.242 e. The second-order valence-electron chi connectivity index (χ2n) is 5.60. The van der Waals surface area contributed by atoms with E-state index in [0.717, 1.165) is 31.6 Å². The molecule has 0 saturated carbocycles. The van der Waals surface area contributed by atoms with Gasteiger partial charge in [-0.3, -0.25) is 0 Å². The smallest absolute Gasteiger partial charge is 0.242 e. The van der Waals surface area contributed by atoms with Crippen LogP contribution in [0.15, 0.2) is 17.2 Å². The van der Waals surface area contributed by atoms with Crippen LogP contribution in [0.2, 0.25) is 0 Å². The molecular weight excluding hydrogens is 276 g/mol. The van der Waals surface area contributed by atoms with E-state index in [1.165, 1.54) is 0 Å². The molecule has 0 spiro atoms. The summed E-state index contributed by atoms with van der Waals surface area (Å²) in [6.45, 7) is 2.88. The summed E-state index contributed by atoms with van der Waals surface area (Å²) in [5.41, 5.74) is 6.38. The number of rotatable bonds is 5. The van der Waals surface area contributed by atoms with Crippen LogP contribution in [-0.2, 0) is 23.6 Å². The topological polar surface area (TPSA) is 80.4 Å². The van der Waals surface area contributed by atoms with Crippen LogP contribution in [0.25, 0.3) is 0 Å². The van der Waals surface area contributed by atoms with Gasteiger partial charge in [0.25, 0.3) is 0 Å². The lowest BCUT2D eigenvalue weighted by atomic mass is 9.99. The summed E-state index contributed by atoms with van der Waals surface area (Å²) >= 11 is 0. The zero-order valence-corrected chi connectivity index (χ0v) is 13.0. The molecule has 1 aromatic rings. The fourth-order valence-electron chi connectivity index (χ4n) is 2.68. The van der Waals surface area contributed by atoms with Crippen LogP contribution in [0, 0.1) is 5.92 Å². The number of aromatic nitrogens is 1. The van der Waals surface area contributed by atoms with Gasteiger partial charge in [-0.15, -0.1) is 0 Å². The van der Waals surface area contributed by atoms with Gasteiger partial charge in [0.05, 0.1) is 4.90 Å². The summed E-state index contributed by atoms with van der Waals surface area (Å²) in [4.78, 5) is 2.54. The van der Waals surface area contributed by atoms with Crippen molar-refractivity contribution in [3.63, 3.8) is 0 Å². The number of hydrogen-bond acceptors (Lipinski definition) is 4. The Labute approximate surface area is 121 Å². The Morgan fingerprint density at radius 3 is 2.80 bits per heavy atom. The van der Waals surface area contributed by atoms with E-state index < -0.39 is 10.0 Å². The molecule has 0 aliphatic carbocycles. The molecule has 20 heavy (non-hydrogen) atoms. The number of hydrogen-bond donors (Lipinski definition) is 2. The second kappa shape index (κ2) is 6.26. The van der Waals surface area contributed by atoms with Gasteiger partial charge in [0.15, 0.2) is 0 Å². The zero-order chi connectivity index (χ0) is 14.8. The van der Waals surface area contributed by atoms with Gasteiger partial charge in [0.2, 0.25) is 10.0 Å². The highest BCUT2D eigenvalue weighted by molar-refractivity contribution is 7.89. The molecular formula is C13H24N4O2S. The van der Waals surface area contributed by atoms with Crippen molar-refractivity contribution in [3.8, 4) is 0 Å². The van der Waals surface area contributed by atoms with Crippen molar-refractivity contribution in [1.29, 1.82) is 0 Å². The average Bonchev–Trinajstić information content (AvgIpc) is 2.79. The summed E-state index contributed by atoms with van der Waals surface area (Å²) in [6.07, 6.45) is 3.82. The van der Waals surface area contributed by atoms with Crippen molar-refractivity contribution in [1.82, 2.24) is 14.2 Å². The van der Waals surface area contributed by atoms with Gasteiger partial charge in [0.1, 0.15) is 0 Å². The molecule has 0 aromatic carbocycles. The summed E-state index contributed by atoms with van der Waals surface area (Å²) in [5, 5.41) is 0. The van der Waals surface area contributed by atoms with Crippen LogP contribution >= 0.6 is 0 Å². The predicted octanol–water partition coefficient (Wildman–Crippen LogP) is 0.104. The third kappa shape index (κ3) is 3.60. The molecule has 1 unspecified atom stereocenters. The molecule has 1 saturated heterocycles. The maximum atomic E-state index is 12.3. The fourth-order valence-corrected chi connectivity index (χ4v) is 3.89. The van der Waals surface area contributed by atoms with E-state index in [2.05, 4.69) is 16.7 Å². The fraction of sp³-hybridized carbons (Fsp3) is 0.692. The number of aryl methyl sites for hydroxylation is 1. The quantitative estimate of drug-likeness (QED) is 0.808. The summed E-state index contributed by atoms with van der Waals surface area (Å²) in [6, 6.07) is 1.63. The van der Waals surface area contributed by atoms with Gasteiger partial charge in [0, 0.05) is 38.6 Å². The minimum atomic E-state index is -3.43. The number of nitrogens with one attached hydrogen (secondary N) is 1. The normalized spacial score (nSPS) is 21.2. The van der Waals surface area contributed by atoms with E-state index in [1.54, 1.807) is 23.9 Å². The third-order valence-corrected chi connectivity index (χ3v) is 5.28. The van der Waals surface area contributed by atoms with E-state index in [4.69, 9.17) is 5.73 Å². The number of sulfonamides is 1. The summed E-state index contributed by atoms with van der Waals surface area (Å²) < 4.78 is 29.0. The Morgan fingerprint density at radius 1 is 1.45 bits per heavy atom. The third-order valence-electron chi connectivity index (χ3n) is 3.89. The van der Waals surface area contributed by atoms with Crippen LogP contribution < -0.4 is 10.5 Å². The lowest BCUT2D eigenvalue weighted by Gasteiger charge is -2.29. The highest BCUT2D eigenvalue weighted by Gasteiger charge is 2.22. The van der Waals surface area contributed by atoms with Gasteiger partial charge in [-0.05, 0) is 38.4 Å². The van der Waals surface area contributed by atoms with E-state index in [1.807, 2.05) is 0 Å². The first-order chi connectivity index (χ1) is 9.42. The van der Waals surface area contributed by atoms with Crippen molar-refractivity contribution in [2.24, 2.45) is 18.7 Å². The molecule has 1 aliphatic rings. The molecule has 2 heterocycles. The Hall–Kier alpha value is -0.890. The largest absolute Gasteiger partial charge is 0.352 e. The zero-order valence-electron chi connectivity index (χ0n) is 12.2. The van der Waals surface area contributed by atoms with Crippen LogP contribution in [0.3, 0.4) is 0 Å². The van der Waals surface area contributed by atoms with Gasteiger partial charge in [-0.25, -0.2) is 13.1 Å². The van der Waals surface area contributed by atoms with Crippen molar-refractivity contribution in [2.75, 3.05) is 26.7 Å². The van der Waals surface area contributed by atoms with Gasteiger partial charge in [-0.2, -0.15) is 0 Å². The molecule has 6 nitrogen and oxygen atoms in total. The van der Waals surface area contributed by atoms with Gasteiger partial charge >= 0.3 is 0 Å². The lowest BCUT2D eigenvalue weighted by Crippen LogP contribution is -2.39. The Morgan fingerprint density at radius 2 is 2.20 bits per heavy atom. The van der Waals surface area contributed by atoms with Crippen LogP contribution in [0.5, 0.6) is 0 Å². The summed E-state index contributed by atoms with van der Waals surface area (Å²) in [5.74, 6) is 0.390. The Kier molecular flexibility index (Phi) is 4.85. The number of likely N-dealkylation sites (tertiary alicyclic amines) is 1. The molecule has 1 aromatic heterocycles. The molecule has 3 N–H and O–H groups in total. The van der Waals surface area contributed by atoms with Crippen LogP contribution in [0.1, 0.15) is 18.5 Å². The molecule has 1 atom stereocenters. The number of nitrogens with two attached hydrogens (primary N) is 1. The maximum absolute atomic E-state index is 12.3. The molecule has 114 valence electrons. The minimum absolute atomic E-state index is 0.296. The van der Waals surface area contributed by atoms with Crippen molar-refractivity contribution in [3.05, 3.63) is 18.0 Å². The first kappa shape index (κ1) is 15.5. The first-order valence-corrected chi connectivity index (χ1v) is 8.44. The van der Waals surface area contributed by atoms with E-state index in [9.17, 15) is 8.42 Å². The van der Waals surface area contributed by atoms with E-state index >= 15 is 0 Å². The van der Waals surface area contributed by atoms with E-state index in [-0.39, 0.29) is 0 Å². The molecule has 0 radical (unpaired) electrons. The molecule has 2 rings (SSSR count). The predicted molar refractivity (Wildman–Crippen MR) is 78.7 cm³/mol. The van der Waals surface area contributed by atoms with E-state index in [0.29, 0.717) is 23.9 Å². The lowest BCUT2D eigenvalue weighted by molar-refractivity contribution is 0.211. The average molecular weight is 300 g/mol. The van der Waals surface area contributed by atoms with Crippen molar-refractivity contribution < 1.29 is 8.42 Å². The van der Waals surface area contributed by atoms with Crippen molar-refractivity contribution >= 4 is 10.0 Å². The number of nitrogens with zero attached hydrogens (tertiary/aromatic N) is 2. The molecule has 1 aliphatic heterocycles. The van der Waals surface area contributed by atoms with Crippen molar-refractivity contribution in [2.45, 2.75) is 24.3 Å². The van der Waals surface area contributed by atoms with Gasteiger partial charge < -0.3 is 15.2 Å². The van der Waals surface area contributed by atoms with Crippen LogP contribution in [0.4, 0.5) is 0 Å². The first-order valence-electron chi connectivity index (χ1n) is 6.96.